The molecule has 98 valence electrons. The van der Waals surface area contributed by atoms with Crippen molar-refractivity contribution in [3.63, 3.8) is 0 Å². The van der Waals surface area contributed by atoms with Gasteiger partial charge in [-0.3, -0.25) is 0 Å². The van der Waals surface area contributed by atoms with E-state index in [0.29, 0.717) is 11.0 Å². The van der Waals surface area contributed by atoms with E-state index in [1.54, 1.807) is 0 Å². The van der Waals surface area contributed by atoms with E-state index >= 15 is 0 Å². The van der Waals surface area contributed by atoms with Crippen molar-refractivity contribution < 1.29 is 4.42 Å². The van der Waals surface area contributed by atoms with Gasteiger partial charge in [0, 0.05) is 5.75 Å². The Balaban J connectivity index is 2.14. The third kappa shape index (κ3) is 2.98. The Morgan fingerprint density at radius 1 is 1.37 bits per heavy atom. The molecule has 0 aliphatic rings. The predicted octanol–water partition coefficient (Wildman–Crippen LogP) is 2.76. The summed E-state index contributed by atoms with van der Waals surface area (Å²) < 4.78 is 5.48. The molecule has 2 aromatic rings. The summed E-state index contributed by atoms with van der Waals surface area (Å²) in [4.78, 5) is 4.27. The summed E-state index contributed by atoms with van der Waals surface area (Å²) in [6.07, 6.45) is 0. The molecule has 1 atom stereocenters. The minimum Gasteiger partial charge on any atom is -0.437 e. The maximum absolute atomic E-state index is 9.34. The van der Waals surface area contributed by atoms with Gasteiger partial charge in [0.1, 0.15) is 11.3 Å². The van der Waals surface area contributed by atoms with Crippen molar-refractivity contribution in [2.75, 3.05) is 5.75 Å². The third-order valence-corrected chi connectivity index (χ3v) is 3.94. The van der Waals surface area contributed by atoms with Crippen molar-refractivity contribution in [3.8, 4) is 6.07 Å². The first-order valence-electron chi connectivity index (χ1n) is 5.87. The molecule has 1 heterocycles. The predicted molar refractivity (Wildman–Crippen MR) is 74.6 cm³/mol. The van der Waals surface area contributed by atoms with Gasteiger partial charge in [-0.1, -0.05) is 42.1 Å². The third-order valence-electron chi connectivity index (χ3n) is 2.92. The van der Waals surface area contributed by atoms with Crippen LogP contribution in [-0.4, -0.2) is 10.7 Å². The average molecular weight is 273 g/mol. The molecule has 2 N–H and O–H groups in total. The first-order valence-corrected chi connectivity index (χ1v) is 6.86. The molecule has 0 bridgehead atoms. The molecule has 0 spiro atoms. The van der Waals surface area contributed by atoms with Crippen LogP contribution in [0.25, 0.3) is 0 Å². The molecule has 0 fully saturated rings. The van der Waals surface area contributed by atoms with E-state index in [4.69, 9.17) is 10.2 Å². The van der Waals surface area contributed by atoms with Gasteiger partial charge in [0.05, 0.1) is 11.8 Å². The Hall–Kier alpha value is -1.77. The number of thioether (sulfide) groups is 1. The van der Waals surface area contributed by atoms with Crippen LogP contribution < -0.4 is 5.73 Å². The quantitative estimate of drug-likeness (QED) is 0.867. The summed E-state index contributed by atoms with van der Waals surface area (Å²) in [6, 6.07) is 11.5. The number of hydrogen-bond donors (Lipinski definition) is 1. The van der Waals surface area contributed by atoms with Crippen LogP contribution in [0, 0.1) is 25.2 Å². The first-order chi connectivity index (χ1) is 9.05. The van der Waals surface area contributed by atoms with Crippen LogP contribution in [0.1, 0.15) is 17.0 Å². The van der Waals surface area contributed by atoms with Crippen LogP contribution in [-0.2, 0) is 5.54 Å². The summed E-state index contributed by atoms with van der Waals surface area (Å²) in [5, 5.41) is 9.89. The molecule has 0 amide bonds. The van der Waals surface area contributed by atoms with Crippen molar-refractivity contribution in [1.82, 2.24) is 4.98 Å². The van der Waals surface area contributed by atoms with Gasteiger partial charge in [0.15, 0.2) is 0 Å². The van der Waals surface area contributed by atoms with Gasteiger partial charge in [-0.15, -0.1) is 0 Å². The van der Waals surface area contributed by atoms with E-state index in [-0.39, 0.29) is 0 Å². The first kappa shape index (κ1) is 13.7. The summed E-state index contributed by atoms with van der Waals surface area (Å²) in [5.74, 6) is 1.19. The Bertz CT molecular complexity index is 583. The Kier molecular flexibility index (Phi) is 3.93. The topological polar surface area (TPSA) is 75.8 Å². The van der Waals surface area contributed by atoms with Gasteiger partial charge < -0.3 is 10.2 Å². The fourth-order valence-corrected chi connectivity index (χ4v) is 2.56. The Morgan fingerprint density at radius 2 is 2.05 bits per heavy atom. The highest BCUT2D eigenvalue weighted by molar-refractivity contribution is 7.99. The summed E-state index contributed by atoms with van der Waals surface area (Å²) in [5.41, 5.74) is 6.78. The molecule has 1 aromatic carbocycles. The normalized spacial score (nSPS) is 13.8. The number of oxazole rings is 1. The molecular formula is C14H15N3OS. The lowest BCUT2D eigenvalue weighted by Gasteiger charge is -2.20. The molecule has 1 unspecified atom stereocenters. The molecule has 4 nitrogen and oxygen atoms in total. The zero-order valence-electron chi connectivity index (χ0n) is 10.9. The lowest BCUT2D eigenvalue weighted by Crippen LogP contribution is -2.37. The molecular weight excluding hydrogens is 258 g/mol. The molecule has 0 aliphatic carbocycles. The molecule has 0 saturated carbocycles. The maximum Gasteiger partial charge on any atom is 0.256 e. The van der Waals surface area contributed by atoms with E-state index in [9.17, 15) is 5.26 Å². The number of aryl methyl sites for hydroxylation is 2. The largest absolute Gasteiger partial charge is 0.437 e. The minimum atomic E-state index is -1.04. The Labute approximate surface area is 116 Å². The minimum absolute atomic E-state index is 0.396. The van der Waals surface area contributed by atoms with Crippen LogP contribution in [0.2, 0.25) is 0 Å². The van der Waals surface area contributed by atoms with Gasteiger partial charge in [-0.25, -0.2) is 4.98 Å². The number of hydrogen-bond acceptors (Lipinski definition) is 5. The number of nitrogens with two attached hydrogens (primary N) is 1. The maximum atomic E-state index is 9.34. The van der Waals surface area contributed by atoms with Crippen molar-refractivity contribution in [3.05, 3.63) is 47.3 Å². The van der Waals surface area contributed by atoms with Gasteiger partial charge in [0.25, 0.3) is 5.22 Å². The van der Waals surface area contributed by atoms with Crippen LogP contribution in [0.5, 0.6) is 0 Å². The number of aromatic nitrogens is 1. The lowest BCUT2D eigenvalue weighted by molar-refractivity contribution is 0.430. The smallest absolute Gasteiger partial charge is 0.256 e. The zero-order chi connectivity index (χ0) is 13.9. The van der Waals surface area contributed by atoms with Crippen molar-refractivity contribution in [1.29, 1.82) is 5.26 Å². The van der Waals surface area contributed by atoms with Crippen molar-refractivity contribution in [2.45, 2.75) is 24.6 Å². The number of rotatable bonds is 4. The van der Waals surface area contributed by atoms with Crippen molar-refractivity contribution in [2.24, 2.45) is 5.73 Å². The lowest BCUT2D eigenvalue weighted by atomic mass is 9.95. The van der Waals surface area contributed by atoms with E-state index < -0.39 is 5.54 Å². The average Bonchev–Trinajstić information content (AvgIpc) is 2.76. The summed E-state index contributed by atoms with van der Waals surface area (Å²) in [7, 11) is 0. The van der Waals surface area contributed by atoms with Gasteiger partial charge in [-0.2, -0.15) is 5.26 Å². The Morgan fingerprint density at radius 3 is 2.58 bits per heavy atom. The molecule has 0 radical (unpaired) electrons. The van der Waals surface area contributed by atoms with Crippen LogP contribution >= 0.6 is 11.8 Å². The molecule has 0 aliphatic heterocycles. The second kappa shape index (κ2) is 5.47. The highest BCUT2D eigenvalue weighted by Gasteiger charge is 2.28. The van der Waals surface area contributed by atoms with Crippen LogP contribution in [0.3, 0.4) is 0 Å². The highest BCUT2D eigenvalue weighted by atomic mass is 32.2. The monoisotopic (exact) mass is 273 g/mol. The summed E-state index contributed by atoms with van der Waals surface area (Å²) >= 11 is 1.36. The molecule has 1 aromatic heterocycles. The van der Waals surface area contributed by atoms with E-state index in [1.165, 1.54) is 11.8 Å². The number of nitrogens with zero attached hydrogens (tertiary/aromatic N) is 2. The van der Waals surface area contributed by atoms with Crippen LogP contribution in [0.4, 0.5) is 0 Å². The highest BCUT2D eigenvalue weighted by Crippen LogP contribution is 2.28. The second-order valence-corrected chi connectivity index (χ2v) is 5.29. The fraction of sp³-hybridized carbons (Fsp3) is 0.286. The standard InChI is InChI=1S/C14H15N3OS/c1-10-11(2)18-13(17-10)19-9-14(16,8-15)12-6-4-3-5-7-12/h3-7H,9,16H2,1-2H3. The molecule has 5 heteroatoms. The van der Waals surface area contributed by atoms with E-state index in [2.05, 4.69) is 11.1 Å². The number of benzene rings is 1. The molecule has 2 rings (SSSR count). The zero-order valence-corrected chi connectivity index (χ0v) is 11.7. The summed E-state index contributed by atoms with van der Waals surface area (Å²) in [6.45, 7) is 3.75. The molecule has 0 saturated heterocycles. The van der Waals surface area contributed by atoms with Gasteiger partial charge in [0.2, 0.25) is 0 Å². The van der Waals surface area contributed by atoms with Gasteiger partial charge >= 0.3 is 0 Å². The molecule has 19 heavy (non-hydrogen) atoms. The van der Waals surface area contributed by atoms with E-state index in [1.807, 2.05) is 44.2 Å². The SMILES string of the molecule is Cc1nc(SCC(N)(C#N)c2ccccc2)oc1C. The fourth-order valence-electron chi connectivity index (χ4n) is 1.60. The van der Waals surface area contributed by atoms with Crippen molar-refractivity contribution >= 4 is 11.8 Å². The van der Waals surface area contributed by atoms with Gasteiger partial charge in [-0.05, 0) is 19.4 Å². The van der Waals surface area contributed by atoms with E-state index in [0.717, 1.165) is 17.0 Å². The van der Waals surface area contributed by atoms with Crippen LogP contribution in [0.15, 0.2) is 40.0 Å². The number of nitriles is 1. The second-order valence-electron chi connectivity index (χ2n) is 4.36.